The standard InChI is InChI=1S/C22H20ClN9O/c23-15-11-17-14(20(33)31-29-17)10-13(15)18-24-21(27-22(26-18)32-8-4-1-5-9-32)25-19-12-6-2-3-7-16(12)28-30-19/h2-3,6-7,10-11H,1,4-5,8-9H2,(H2,29,31,33)(H2,24,25,26,27,28,30). The molecule has 4 heterocycles. The Hall–Kier alpha value is -3.92. The van der Waals surface area contributed by atoms with Gasteiger partial charge in [0.15, 0.2) is 11.6 Å². The minimum Gasteiger partial charge on any atom is -0.341 e. The smallest absolute Gasteiger partial charge is 0.271 e. The van der Waals surface area contributed by atoms with Crippen LogP contribution in [0, 0.1) is 0 Å². The zero-order valence-corrected chi connectivity index (χ0v) is 18.3. The Kier molecular flexibility index (Phi) is 4.72. The lowest BCUT2D eigenvalue weighted by Crippen LogP contribution is -2.31. The lowest BCUT2D eigenvalue weighted by molar-refractivity contribution is 0.568. The van der Waals surface area contributed by atoms with Gasteiger partial charge in [-0.25, -0.2) is 0 Å². The molecule has 0 spiro atoms. The second kappa shape index (κ2) is 7.89. The Bertz CT molecular complexity index is 1530. The third-order valence-electron chi connectivity index (χ3n) is 5.87. The van der Waals surface area contributed by atoms with Crippen molar-refractivity contribution in [3.05, 3.63) is 51.8 Å². The second-order valence-corrected chi connectivity index (χ2v) is 8.44. The van der Waals surface area contributed by atoms with E-state index in [9.17, 15) is 4.79 Å². The number of rotatable bonds is 4. The summed E-state index contributed by atoms with van der Waals surface area (Å²) in [5.74, 6) is 1.94. The van der Waals surface area contributed by atoms with Crippen molar-refractivity contribution in [1.82, 2.24) is 35.3 Å². The maximum absolute atomic E-state index is 12.2. The highest BCUT2D eigenvalue weighted by Crippen LogP contribution is 2.31. The van der Waals surface area contributed by atoms with E-state index in [2.05, 4.69) is 40.6 Å². The first-order chi connectivity index (χ1) is 16.2. The first kappa shape index (κ1) is 19.7. The van der Waals surface area contributed by atoms with Gasteiger partial charge in [-0.2, -0.15) is 20.1 Å². The molecule has 0 unspecified atom stereocenters. The number of para-hydroxylation sites is 1. The number of benzene rings is 2. The lowest BCUT2D eigenvalue weighted by atomic mass is 10.1. The Morgan fingerprint density at radius 3 is 2.67 bits per heavy atom. The van der Waals surface area contributed by atoms with Gasteiger partial charge in [0.25, 0.3) is 5.56 Å². The maximum atomic E-state index is 12.2. The van der Waals surface area contributed by atoms with Crippen LogP contribution in [0.5, 0.6) is 0 Å². The number of hydrogen-bond acceptors (Lipinski definition) is 7. The molecule has 5 aromatic rings. The molecule has 1 fully saturated rings. The molecular weight excluding hydrogens is 442 g/mol. The van der Waals surface area contributed by atoms with Crippen LogP contribution in [0.1, 0.15) is 19.3 Å². The molecule has 0 atom stereocenters. The van der Waals surface area contributed by atoms with E-state index in [0.29, 0.717) is 45.0 Å². The van der Waals surface area contributed by atoms with E-state index in [0.717, 1.165) is 36.8 Å². The molecule has 0 bridgehead atoms. The molecule has 4 N–H and O–H groups in total. The number of anilines is 3. The van der Waals surface area contributed by atoms with Gasteiger partial charge >= 0.3 is 0 Å². The van der Waals surface area contributed by atoms with Crippen LogP contribution < -0.4 is 15.8 Å². The van der Waals surface area contributed by atoms with Crippen molar-refractivity contribution in [3.8, 4) is 11.4 Å². The molecule has 6 rings (SSSR count). The molecule has 166 valence electrons. The van der Waals surface area contributed by atoms with Gasteiger partial charge in [-0.1, -0.05) is 23.7 Å². The normalized spacial score (nSPS) is 14.3. The average molecular weight is 462 g/mol. The van der Waals surface area contributed by atoms with Crippen LogP contribution in [-0.2, 0) is 0 Å². The number of halogens is 1. The highest BCUT2D eigenvalue weighted by molar-refractivity contribution is 6.34. The number of H-pyrrole nitrogens is 3. The number of fused-ring (bicyclic) bond motifs is 2. The number of piperidine rings is 1. The van der Waals surface area contributed by atoms with Gasteiger partial charge in [-0.3, -0.25) is 20.1 Å². The molecule has 2 aromatic carbocycles. The summed E-state index contributed by atoms with van der Waals surface area (Å²) in [4.78, 5) is 28.4. The van der Waals surface area contributed by atoms with Gasteiger partial charge in [0, 0.05) is 24.0 Å². The van der Waals surface area contributed by atoms with Gasteiger partial charge in [0.2, 0.25) is 11.9 Å². The topological polar surface area (TPSA) is 131 Å². The van der Waals surface area contributed by atoms with Gasteiger partial charge in [-0.05, 0) is 43.5 Å². The summed E-state index contributed by atoms with van der Waals surface area (Å²) in [5.41, 5.74) is 1.87. The van der Waals surface area contributed by atoms with Crippen LogP contribution in [0.3, 0.4) is 0 Å². The zero-order chi connectivity index (χ0) is 22.4. The Balaban J connectivity index is 1.48. The summed E-state index contributed by atoms with van der Waals surface area (Å²) in [5, 5.41) is 17.9. The third-order valence-corrected chi connectivity index (χ3v) is 6.18. The van der Waals surface area contributed by atoms with Crippen LogP contribution in [0.2, 0.25) is 5.02 Å². The zero-order valence-electron chi connectivity index (χ0n) is 17.5. The van der Waals surface area contributed by atoms with E-state index < -0.39 is 0 Å². The second-order valence-electron chi connectivity index (χ2n) is 8.03. The molecule has 0 aliphatic carbocycles. The van der Waals surface area contributed by atoms with Crippen molar-refractivity contribution in [2.45, 2.75) is 19.3 Å². The molecule has 1 aliphatic heterocycles. The van der Waals surface area contributed by atoms with Gasteiger partial charge in [0.1, 0.15) is 0 Å². The first-order valence-electron chi connectivity index (χ1n) is 10.8. The molecule has 0 radical (unpaired) electrons. The molecule has 11 heteroatoms. The fraction of sp³-hybridized carbons (Fsp3) is 0.227. The number of aromatic nitrogens is 7. The molecule has 33 heavy (non-hydrogen) atoms. The Morgan fingerprint density at radius 1 is 0.939 bits per heavy atom. The predicted octanol–water partition coefficient (Wildman–Crippen LogP) is 3.97. The summed E-state index contributed by atoms with van der Waals surface area (Å²) in [6, 6.07) is 11.2. The summed E-state index contributed by atoms with van der Waals surface area (Å²) in [6.07, 6.45) is 3.36. The lowest BCUT2D eigenvalue weighted by Gasteiger charge is -2.27. The summed E-state index contributed by atoms with van der Waals surface area (Å²) < 4.78 is 0. The molecule has 0 amide bonds. The van der Waals surface area contributed by atoms with Gasteiger partial charge < -0.3 is 10.2 Å². The van der Waals surface area contributed by atoms with Crippen molar-refractivity contribution >= 4 is 51.1 Å². The fourth-order valence-corrected chi connectivity index (χ4v) is 4.42. The Morgan fingerprint density at radius 2 is 1.79 bits per heavy atom. The molecule has 3 aromatic heterocycles. The molecular formula is C22H20ClN9O. The number of hydrogen-bond donors (Lipinski definition) is 4. The average Bonchev–Trinajstić information content (AvgIpc) is 3.42. The highest BCUT2D eigenvalue weighted by atomic mass is 35.5. The van der Waals surface area contributed by atoms with Crippen LogP contribution in [-0.4, -0.2) is 48.4 Å². The monoisotopic (exact) mass is 461 g/mol. The van der Waals surface area contributed by atoms with Crippen molar-refractivity contribution in [2.24, 2.45) is 0 Å². The van der Waals surface area contributed by atoms with E-state index in [1.54, 1.807) is 12.1 Å². The SMILES string of the molecule is O=c1[nH][nH]c2cc(Cl)c(-c3nc(Nc4n[nH]c5ccccc45)nc(N4CCCCC4)n3)cc12. The Labute approximate surface area is 192 Å². The van der Waals surface area contributed by atoms with E-state index in [-0.39, 0.29) is 5.56 Å². The van der Waals surface area contributed by atoms with Crippen LogP contribution in [0.4, 0.5) is 17.7 Å². The van der Waals surface area contributed by atoms with E-state index >= 15 is 0 Å². The van der Waals surface area contributed by atoms with Crippen LogP contribution >= 0.6 is 11.6 Å². The number of nitrogens with zero attached hydrogens (tertiary/aromatic N) is 5. The summed E-state index contributed by atoms with van der Waals surface area (Å²) in [7, 11) is 0. The van der Waals surface area contributed by atoms with Crippen molar-refractivity contribution in [3.63, 3.8) is 0 Å². The first-order valence-corrected chi connectivity index (χ1v) is 11.1. The predicted molar refractivity (Wildman–Crippen MR) is 128 cm³/mol. The minimum atomic E-state index is -0.227. The van der Waals surface area contributed by atoms with Gasteiger partial charge in [-0.15, -0.1) is 0 Å². The minimum absolute atomic E-state index is 0.227. The number of aromatic amines is 3. The van der Waals surface area contributed by atoms with Crippen LogP contribution in [0.25, 0.3) is 33.2 Å². The van der Waals surface area contributed by atoms with Crippen molar-refractivity contribution in [1.29, 1.82) is 0 Å². The van der Waals surface area contributed by atoms with Crippen LogP contribution in [0.15, 0.2) is 41.2 Å². The molecule has 1 aliphatic rings. The van der Waals surface area contributed by atoms with E-state index in [4.69, 9.17) is 16.6 Å². The van der Waals surface area contributed by atoms with Gasteiger partial charge in [0.05, 0.1) is 21.4 Å². The third kappa shape index (κ3) is 3.58. The molecule has 10 nitrogen and oxygen atoms in total. The maximum Gasteiger partial charge on any atom is 0.271 e. The quantitative estimate of drug-likeness (QED) is 0.318. The van der Waals surface area contributed by atoms with E-state index in [1.807, 2.05) is 24.3 Å². The van der Waals surface area contributed by atoms with E-state index in [1.165, 1.54) is 6.42 Å². The molecule has 1 saturated heterocycles. The van der Waals surface area contributed by atoms with Crippen molar-refractivity contribution in [2.75, 3.05) is 23.3 Å². The summed E-state index contributed by atoms with van der Waals surface area (Å²) >= 11 is 6.57. The fourth-order valence-electron chi connectivity index (χ4n) is 4.17. The largest absolute Gasteiger partial charge is 0.341 e. The summed E-state index contributed by atoms with van der Waals surface area (Å²) in [6.45, 7) is 1.75. The number of nitrogens with one attached hydrogen (secondary N) is 4. The molecule has 0 saturated carbocycles. The highest BCUT2D eigenvalue weighted by Gasteiger charge is 2.20. The van der Waals surface area contributed by atoms with Crippen molar-refractivity contribution < 1.29 is 0 Å².